The second-order valence-corrected chi connectivity index (χ2v) is 13.3. The minimum absolute atomic E-state index is 0.0136. The van der Waals surface area contributed by atoms with Crippen molar-refractivity contribution in [1.29, 1.82) is 0 Å². The molecule has 0 aliphatic heterocycles. The van der Waals surface area contributed by atoms with Gasteiger partial charge in [-0.25, -0.2) is 4.79 Å². The van der Waals surface area contributed by atoms with Crippen LogP contribution in [0.3, 0.4) is 0 Å². The molecule has 0 N–H and O–H groups in total. The molecule has 41 heavy (non-hydrogen) atoms. The van der Waals surface area contributed by atoms with Crippen LogP contribution in [0.1, 0.15) is 180 Å². The first-order valence-electron chi connectivity index (χ1n) is 18.0. The molecule has 5 nitrogen and oxygen atoms in total. The summed E-state index contributed by atoms with van der Waals surface area (Å²) < 4.78 is 27.0. The van der Waals surface area contributed by atoms with Crippen LogP contribution in [0.4, 0.5) is 0 Å². The van der Waals surface area contributed by atoms with Crippen LogP contribution in [0.25, 0.3) is 0 Å². The van der Waals surface area contributed by atoms with E-state index in [1.807, 2.05) is 6.92 Å². The molecular formula is C36H64O5. The van der Waals surface area contributed by atoms with Crippen molar-refractivity contribution in [3.05, 3.63) is 12.7 Å². The van der Waals surface area contributed by atoms with Crippen LogP contribution in [0, 0.1) is 0 Å². The lowest BCUT2D eigenvalue weighted by Gasteiger charge is -2.42. The van der Waals surface area contributed by atoms with Crippen LogP contribution in [0.2, 0.25) is 0 Å². The second-order valence-electron chi connectivity index (χ2n) is 13.3. The predicted octanol–water partition coefficient (Wildman–Crippen LogP) is 10.5. The van der Waals surface area contributed by atoms with E-state index < -0.39 is 18.0 Å². The van der Waals surface area contributed by atoms with Gasteiger partial charge >= 0.3 is 11.9 Å². The molecule has 0 amide bonds. The zero-order chi connectivity index (χ0) is 29.0. The summed E-state index contributed by atoms with van der Waals surface area (Å²) in [7, 11) is 0. The highest BCUT2D eigenvalue weighted by Crippen LogP contribution is 2.35. The largest absolute Gasteiger partial charge is 0.402 e. The lowest BCUT2D eigenvalue weighted by molar-refractivity contribution is -0.424. The second kappa shape index (κ2) is 20.9. The van der Waals surface area contributed by atoms with Crippen LogP contribution in [-0.4, -0.2) is 36.4 Å². The van der Waals surface area contributed by atoms with E-state index in [-0.39, 0.29) is 18.3 Å². The minimum atomic E-state index is -1.55. The minimum Gasteiger partial charge on any atom is -0.402 e. The number of ether oxygens (including phenoxy) is 4. The molecule has 0 aromatic heterocycles. The third kappa shape index (κ3) is 13.9. The maximum absolute atomic E-state index is 13.0. The lowest BCUT2D eigenvalue weighted by Crippen LogP contribution is -2.55. The molecule has 3 fully saturated rings. The van der Waals surface area contributed by atoms with Gasteiger partial charge in [0, 0.05) is 6.08 Å². The van der Waals surface area contributed by atoms with E-state index >= 15 is 0 Å². The summed E-state index contributed by atoms with van der Waals surface area (Å²) in [6, 6.07) is 0. The number of esters is 1. The Bertz CT molecular complexity index is 635. The molecule has 3 aliphatic rings. The maximum atomic E-state index is 13.0. The van der Waals surface area contributed by atoms with Gasteiger partial charge in [0.05, 0.1) is 18.3 Å². The molecule has 0 bridgehead atoms. The number of carbonyl (C=O) groups is 1. The Morgan fingerprint density at radius 3 is 1.17 bits per heavy atom. The van der Waals surface area contributed by atoms with Crippen LogP contribution >= 0.6 is 0 Å². The SMILES string of the molecule is C=CC(=O)OC(OC1CCCCCCCCC1)(OC1CCCCCCCCC1)C(C)OC1CCCCCCCCC1. The molecule has 3 aliphatic carbocycles. The Morgan fingerprint density at radius 1 is 0.561 bits per heavy atom. The van der Waals surface area contributed by atoms with Gasteiger partial charge in [0.25, 0.3) is 0 Å². The molecule has 0 aromatic carbocycles. The summed E-state index contributed by atoms with van der Waals surface area (Å²) in [5.41, 5.74) is 0. The maximum Gasteiger partial charge on any atom is 0.357 e. The van der Waals surface area contributed by atoms with E-state index in [2.05, 4.69) is 6.58 Å². The summed E-state index contributed by atoms with van der Waals surface area (Å²) in [6.07, 6.45) is 33.0. The fourth-order valence-corrected chi connectivity index (χ4v) is 7.06. The number of hydrogen-bond acceptors (Lipinski definition) is 5. The zero-order valence-corrected chi connectivity index (χ0v) is 26.7. The van der Waals surface area contributed by atoms with Gasteiger partial charge in [-0.2, -0.15) is 0 Å². The molecule has 0 aromatic rings. The first-order chi connectivity index (χ1) is 20.1. The Balaban J connectivity index is 1.86. The van der Waals surface area contributed by atoms with Gasteiger partial charge < -0.3 is 18.9 Å². The molecule has 0 spiro atoms. The average molecular weight is 577 g/mol. The van der Waals surface area contributed by atoms with Crippen molar-refractivity contribution in [2.45, 2.75) is 211 Å². The lowest BCUT2D eigenvalue weighted by atomic mass is 9.98. The highest BCUT2D eigenvalue weighted by Gasteiger charge is 2.48. The Kier molecular flexibility index (Phi) is 17.6. The van der Waals surface area contributed by atoms with Gasteiger partial charge in [-0.3, -0.25) is 0 Å². The van der Waals surface area contributed by atoms with Crippen LogP contribution < -0.4 is 0 Å². The van der Waals surface area contributed by atoms with Crippen LogP contribution in [-0.2, 0) is 23.7 Å². The van der Waals surface area contributed by atoms with E-state index in [0.29, 0.717) is 0 Å². The monoisotopic (exact) mass is 576 g/mol. The molecule has 0 radical (unpaired) electrons. The number of rotatable bonds is 9. The van der Waals surface area contributed by atoms with Crippen molar-refractivity contribution >= 4 is 5.97 Å². The van der Waals surface area contributed by atoms with Gasteiger partial charge in [-0.05, 0) is 45.4 Å². The van der Waals surface area contributed by atoms with Crippen LogP contribution in [0.5, 0.6) is 0 Å². The summed E-state index contributed by atoms with van der Waals surface area (Å²) in [5, 5.41) is 0. The smallest absolute Gasteiger partial charge is 0.357 e. The predicted molar refractivity (Wildman–Crippen MR) is 168 cm³/mol. The van der Waals surface area contributed by atoms with Gasteiger partial charge in [0.15, 0.2) is 0 Å². The molecule has 5 heteroatoms. The van der Waals surface area contributed by atoms with Crippen LogP contribution in [0.15, 0.2) is 12.7 Å². The highest BCUT2D eigenvalue weighted by molar-refractivity contribution is 5.81. The topological polar surface area (TPSA) is 54.0 Å². The van der Waals surface area contributed by atoms with Crippen molar-refractivity contribution in [1.82, 2.24) is 0 Å². The van der Waals surface area contributed by atoms with E-state index in [0.717, 1.165) is 64.2 Å². The third-order valence-corrected chi connectivity index (χ3v) is 9.62. The molecule has 238 valence electrons. The molecule has 0 saturated heterocycles. The average Bonchev–Trinajstić information content (AvgIpc) is 2.98. The van der Waals surface area contributed by atoms with Gasteiger partial charge in [-0.1, -0.05) is 141 Å². The summed E-state index contributed by atoms with van der Waals surface area (Å²) in [6.45, 7) is 5.75. The van der Waals surface area contributed by atoms with Crippen molar-refractivity contribution < 1.29 is 23.7 Å². The molecule has 1 unspecified atom stereocenters. The van der Waals surface area contributed by atoms with E-state index in [9.17, 15) is 4.79 Å². The summed E-state index contributed by atoms with van der Waals surface area (Å²) in [5.74, 6) is -2.05. The van der Waals surface area contributed by atoms with Crippen molar-refractivity contribution in [2.75, 3.05) is 0 Å². The van der Waals surface area contributed by atoms with Gasteiger partial charge in [0.1, 0.15) is 6.10 Å². The van der Waals surface area contributed by atoms with Crippen molar-refractivity contribution in [2.24, 2.45) is 0 Å². The molecule has 3 saturated carbocycles. The van der Waals surface area contributed by atoms with Gasteiger partial charge in [0.2, 0.25) is 0 Å². The summed E-state index contributed by atoms with van der Waals surface area (Å²) in [4.78, 5) is 13.0. The Labute approximate surface area is 252 Å². The number of hydrogen-bond donors (Lipinski definition) is 0. The van der Waals surface area contributed by atoms with E-state index in [4.69, 9.17) is 18.9 Å². The molecule has 3 rings (SSSR count). The first kappa shape index (κ1) is 34.6. The molecular weight excluding hydrogens is 512 g/mol. The van der Waals surface area contributed by atoms with Crippen molar-refractivity contribution in [3.63, 3.8) is 0 Å². The molecule has 1 atom stereocenters. The molecule has 0 heterocycles. The fourth-order valence-electron chi connectivity index (χ4n) is 7.06. The first-order valence-corrected chi connectivity index (χ1v) is 18.0. The Morgan fingerprint density at radius 2 is 0.854 bits per heavy atom. The fraction of sp³-hybridized carbons (Fsp3) is 0.917. The number of carbonyl (C=O) groups excluding carboxylic acids is 1. The normalized spacial score (nSPS) is 24.1. The summed E-state index contributed by atoms with van der Waals surface area (Å²) >= 11 is 0. The third-order valence-electron chi connectivity index (χ3n) is 9.62. The quantitative estimate of drug-likeness (QED) is 0.155. The Hall–Kier alpha value is -0.910. The van der Waals surface area contributed by atoms with Gasteiger partial charge in [-0.15, -0.1) is 0 Å². The van der Waals surface area contributed by atoms with E-state index in [1.165, 1.54) is 115 Å². The zero-order valence-electron chi connectivity index (χ0n) is 26.7. The van der Waals surface area contributed by atoms with Crippen molar-refractivity contribution in [3.8, 4) is 0 Å². The van der Waals surface area contributed by atoms with E-state index in [1.54, 1.807) is 0 Å². The highest BCUT2D eigenvalue weighted by atomic mass is 16.9. The standard InChI is InChI=1S/C36H64O5/c1-3-35(37)41-36(39-33-27-21-15-9-5-10-16-22-28-33,40-34-29-23-17-11-6-12-18-24-30-34)31(2)38-32-25-19-13-7-4-8-14-20-26-32/h3,31-34H,1,4-30H2,2H3.